The molecule has 0 aromatic heterocycles. The fourth-order valence-electron chi connectivity index (χ4n) is 10.5. The first kappa shape index (κ1) is 67.2. The first-order chi connectivity index (χ1) is 34.3. The van der Waals surface area contributed by atoms with Crippen LogP contribution in [0.25, 0.3) is 0 Å². The van der Waals surface area contributed by atoms with E-state index in [9.17, 15) is 30.3 Å². The lowest BCUT2D eigenvalue weighted by Crippen LogP contribution is -2.60. The summed E-state index contributed by atoms with van der Waals surface area (Å²) in [4.78, 5) is 13.0. The molecule has 1 aliphatic heterocycles. The molecule has 70 heavy (non-hydrogen) atoms. The predicted octanol–water partition coefficient (Wildman–Crippen LogP) is 15.8. The topological polar surface area (TPSA) is 149 Å². The van der Waals surface area contributed by atoms with Gasteiger partial charge in [0.2, 0.25) is 5.91 Å². The first-order valence-electron chi connectivity index (χ1n) is 31.2. The number of hydrogen-bond donors (Lipinski definition) is 6. The Labute approximate surface area is 434 Å². The van der Waals surface area contributed by atoms with E-state index >= 15 is 0 Å². The molecule has 0 saturated carbocycles. The molecular formula is C61H121NO8. The minimum atomic E-state index is -1.55. The van der Waals surface area contributed by atoms with Crippen LogP contribution in [0.3, 0.4) is 0 Å². The molecule has 9 nitrogen and oxygen atoms in total. The highest BCUT2D eigenvalue weighted by molar-refractivity contribution is 5.76. The number of rotatable bonds is 55. The molecular weight excluding hydrogens is 875 g/mol. The van der Waals surface area contributed by atoms with Gasteiger partial charge in [0.05, 0.1) is 25.4 Å². The minimum absolute atomic E-state index is 0.132. The van der Waals surface area contributed by atoms with Crippen LogP contribution >= 0.6 is 0 Å². The summed E-state index contributed by atoms with van der Waals surface area (Å²) in [6, 6.07) is -0.711. The SMILES string of the molecule is CCCCCCCCCCCCCCCCCCCCCCCCCCCCCCCCCCCCCCCCC(=O)NC(COC1OC(CO)C(O)C(O)C1O)C(O)CCCCCCCCCCC. The Balaban J connectivity index is 1.96. The number of ether oxygens (including phenoxy) is 2. The smallest absolute Gasteiger partial charge is 0.220 e. The Hall–Kier alpha value is -0.810. The largest absolute Gasteiger partial charge is 0.394 e. The van der Waals surface area contributed by atoms with Crippen molar-refractivity contribution in [3.8, 4) is 0 Å². The molecule has 418 valence electrons. The highest BCUT2D eigenvalue weighted by atomic mass is 16.7. The van der Waals surface area contributed by atoms with Crippen LogP contribution in [0.15, 0.2) is 0 Å². The fraction of sp³-hybridized carbons (Fsp3) is 0.984. The van der Waals surface area contributed by atoms with E-state index in [-0.39, 0.29) is 12.5 Å². The van der Waals surface area contributed by atoms with Gasteiger partial charge in [0.15, 0.2) is 6.29 Å². The third kappa shape index (κ3) is 40.6. The normalized spacial score (nSPS) is 19.2. The second-order valence-electron chi connectivity index (χ2n) is 22.2. The van der Waals surface area contributed by atoms with Gasteiger partial charge in [0.25, 0.3) is 0 Å². The molecule has 6 N–H and O–H groups in total. The molecule has 1 saturated heterocycles. The van der Waals surface area contributed by atoms with Crippen molar-refractivity contribution in [1.29, 1.82) is 0 Å². The van der Waals surface area contributed by atoms with Crippen molar-refractivity contribution < 1.29 is 39.8 Å². The van der Waals surface area contributed by atoms with Gasteiger partial charge in [-0.3, -0.25) is 4.79 Å². The summed E-state index contributed by atoms with van der Waals surface area (Å²) in [5.41, 5.74) is 0. The van der Waals surface area contributed by atoms with Crippen LogP contribution in [0.1, 0.15) is 328 Å². The molecule has 1 heterocycles. The van der Waals surface area contributed by atoms with E-state index in [0.717, 1.165) is 38.5 Å². The molecule has 1 amide bonds. The van der Waals surface area contributed by atoms with Gasteiger partial charge >= 0.3 is 0 Å². The van der Waals surface area contributed by atoms with Gasteiger partial charge in [-0.1, -0.05) is 309 Å². The number of aliphatic hydroxyl groups is 5. The van der Waals surface area contributed by atoms with Gasteiger partial charge in [-0.05, 0) is 12.8 Å². The average Bonchev–Trinajstić information content (AvgIpc) is 3.36. The van der Waals surface area contributed by atoms with E-state index < -0.39 is 49.5 Å². The molecule has 1 aliphatic rings. The monoisotopic (exact) mass is 996 g/mol. The predicted molar refractivity (Wildman–Crippen MR) is 295 cm³/mol. The lowest BCUT2D eigenvalue weighted by Gasteiger charge is -2.40. The Bertz CT molecular complexity index is 1060. The van der Waals surface area contributed by atoms with Gasteiger partial charge in [-0.2, -0.15) is 0 Å². The molecule has 1 fully saturated rings. The quantitative estimate of drug-likeness (QED) is 0.0330. The van der Waals surface area contributed by atoms with Crippen molar-refractivity contribution >= 4 is 5.91 Å². The Morgan fingerprint density at radius 2 is 0.714 bits per heavy atom. The van der Waals surface area contributed by atoms with Gasteiger partial charge in [-0.25, -0.2) is 0 Å². The van der Waals surface area contributed by atoms with Gasteiger partial charge in [0.1, 0.15) is 24.4 Å². The van der Waals surface area contributed by atoms with Crippen molar-refractivity contribution in [3.05, 3.63) is 0 Å². The number of hydrogen-bond acceptors (Lipinski definition) is 8. The Morgan fingerprint density at radius 3 is 1.01 bits per heavy atom. The van der Waals surface area contributed by atoms with Crippen molar-refractivity contribution in [3.63, 3.8) is 0 Å². The van der Waals surface area contributed by atoms with Crippen LogP contribution in [0.5, 0.6) is 0 Å². The standard InChI is InChI=1S/C61H121NO8/c1-3-5-7-9-11-13-14-15-16-17-18-19-20-21-22-23-24-25-26-27-28-29-30-31-32-33-34-35-36-37-38-39-40-41-43-45-47-49-51-57(65)62-54(55(64)50-48-46-44-42-12-10-8-6-4-2)53-69-61-60(68)59(67)58(66)56(52-63)70-61/h54-56,58-61,63-64,66-68H,3-53H2,1-2H3,(H,62,65). The minimum Gasteiger partial charge on any atom is -0.394 e. The summed E-state index contributed by atoms with van der Waals surface area (Å²) in [6.07, 6.45) is 56.3. The van der Waals surface area contributed by atoms with E-state index in [2.05, 4.69) is 19.2 Å². The number of unbranched alkanes of at least 4 members (excludes halogenated alkanes) is 45. The van der Waals surface area contributed by atoms with Gasteiger partial charge in [0, 0.05) is 6.42 Å². The molecule has 0 aromatic carbocycles. The molecule has 0 bridgehead atoms. The molecule has 1 rings (SSSR count). The van der Waals surface area contributed by atoms with Gasteiger partial charge in [-0.15, -0.1) is 0 Å². The summed E-state index contributed by atoms with van der Waals surface area (Å²) in [5.74, 6) is -0.139. The van der Waals surface area contributed by atoms with Crippen LogP contribution in [0.4, 0.5) is 0 Å². The first-order valence-corrected chi connectivity index (χ1v) is 31.2. The second-order valence-corrected chi connectivity index (χ2v) is 22.2. The van der Waals surface area contributed by atoms with Gasteiger partial charge < -0.3 is 40.3 Å². The molecule has 0 aliphatic carbocycles. The van der Waals surface area contributed by atoms with Crippen LogP contribution in [0.2, 0.25) is 0 Å². The van der Waals surface area contributed by atoms with Crippen LogP contribution in [-0.2, 0) is 14.3 Å². The summed E-state index contributed by atoms with van der Waals surface area (Å²) in [5, 5.41) is 54.4. The number of nitrogens with one attached hydrogen (secondary N) is 1. The van der Waals surface area contributed by atoms with E-state index in [1.54, 1.807) is 0 Å². The summed E-state index contributed by atoms with van der Waals surface area (Å²) in [6.45, 7) is 3.85. The van der Waals surface area contributed by atoms with E-state index in [1.165, 1.54) is 263 Å². The lowest BCUT2D eigenvalue weighted by atomic mass is 9.99. The summed E-state index contributed by atoms with van der Waals surface area (Å²) in [7, 11) is 0. The van der Waals surface area contributed by atoms with E-state index in [1.807, 2.05) is 0 Å². The van der Waals surface area contributed by atoms with E-state index in [4.69, 9.17) is 9.47 Å². The maximum atomic E-state index is 13.0. The number of aliphatic hydroxyl groups excluding tert-OH is 5. The maximum absolute atomic E-state index is 13.0. The molecule has 0 radical (unpaired) electrons. The van der Waals surface area contributed by atoms with Crippen LogP contribution in [0, 0.1) is 0 Å². The summed E-state index contributed by atoms with van der Waals surface area (Å²) < 4.78 is 11.3. The third-order valence-electron chi connectivity index (χ3n) is 15.5. The molecule has 0 aromatic rings. The Morgan fingerprint density at radius 1 is 0.429 bits per heavy atom. The molecule has 7 atom stereocenters. The summed E-state index contributed by atoms with van der Waals surface area (Å²) >= 11 is 0. The highest BCUT2D eigenvalue weighted by Gasteiger charge is 2.44. The number of carbonyl (C=O) groups is 1. The van der Waals surface area contributed by atoms with Crippen molar-refractivity contribution in [2.75, 3.05) is 13.2 Å². The lowest BCUT2D eigenvalue weighted by molar-refractivity contribution is -0.302. The third-order valence-corrected chi connectivity index (χ3v) is 15.5. The zero-order valence-electron chi connectivity index (χ0n) is 46.6. The van der Waals surface area contributed by atoms with Crippen molar-refractivity contribution in [2.24, 2.45) is 0 Å². The number of carbonyl (C=O) groups excluding carboxylic acids is 1. The van der Waals surface area contributed by atoms with Crippen molar-refractivity contribution in [1.82, 2.24) is 5.32 Å². The second kappa shape index (κ2) is 51.7. The maximum Gasteiger partial charge on any atom is 0.220 e. The average molecular weight is 997 g/mol. The molecule has 7 unspecified atom stereocenters. The number of amides is 1. The molecule has 9 heteroatoms. The molecule has 0 spiro atoms. The van der Waals surface area contributed by atoms with E-state index in [0.29, 0.717) is 12.8 Å². The zero-order valence-corrected chi connectivity index (χ0v) is 46.6. The van der Waals surface area contributed by atoms with Crippen molar-refractivity contribution in [2.45, 2.75) is 371 Å². The van der Waals surface area contributed by atoms with Crippen LogP contribution in [-0.4, -0.2) is 87.5 Å². The van der Waals surface area contributed by atoms with Crippen LogP contribution < -0.4 is 5.32 Å². The fourth-order valence-corrected chi connectivity index (χ4v) is 10.5. The highest BCUT2D eigenvalue weighted by Crippen LogP contribution is 2.24. The Kier molecular flexibility index (Phi) is 49.6. The zero-order chi connectivity index (χ0) is 50.8.